The zero-order valence-corrected chi connectivity index (χ0v) is 15.8. The third-order valence-corrected chi connectivity index (χ3v) is 4.07. The van der Waals surface area contributed by atoms with Gasteiger partial charge in [-0.25, -0.2) is 4.79 Å². The number of carbonyl (C=O) groups excluding carboxylic acids is 1. The number of hydrogen-bond donors (Lipinski definition) is 1. The summed E-state index contributed by atoms with van der Waals surface area (Å²) in [6.45, 7) is 3.17. The maximum atomic E-state index is 12.6. The van der Waals surface area contributed by atoms with Gasteiger partial charge in [-0.15, -0.1) is 5.10 Å². The second-order valence-electron chi connectivity index (χ2n) is 5.58. The Bertz CT molecular complexity index is 1020. The molecule has 1 aromatic heterocycles. The molecule has 3 aromatic rings. The van der Waals surface area contributed by atoms with E-state index in [9.17, 15) is 9.59 Å². The van der Waals surface area contributed by atoms with Gasteiger partial charge in [0, 0.05) is 17.1 Å². The molecule has 132 valence electrons. The Balaban J connectivity index is 1.86. The summed E-state index contributed by atoms with van der Waals surface area (Å²) >= 11 is 3.37. The van der Waals surface area contributed by atoms with Crippen molar-refractivity contribution in [3.05, 3.63) is 74.9 Å². The van der Waals surface area contributed by atoms with E-state index in [1.807, 2.05) is 12.1 Å². The molecule has 0 aliphatic heterocycles. The van der Waals surface area contributed by atoms with Crippen molar-refractivity contribution in [3.63, 3.8) is 0 Å². The summed E-state index contributed by atoms with van der Waals surface area (Å²) in [5, 5.41) is 11.2. The summed E-state index contributed by atoms with van der Waals surface area (Å²) in [5.74, 6) is 0.345. The SMILES string of the molecule is CC(=O)Nc1ccc(/C=N/n2c(C)nn(-c3ccc(Br)cc3)c2=O)cc1. The topological polar surface area (TPSA) is 81.3 Å². The highest BCUT2D eigenvalue weighted by Gasteiger charge is 2.10. The Kier molecular flexibility index (Phi) is 5.13. The van der Waals surface area contributed by atoms with Crippen LogP contribution in [0.3, 0.4) is 0 Å². The minimum atomic E-state index is -0.351. The molecular weight excluding hydrogens is 398 g/mol. The predicted octanol–water partition coefficient (Wildman–Crippen LogP) is 2.95. The smallest absolute Gasteiger partial charge is 0.326 e. The predicted molar refractivity (Wildman–Crippen MR) is 104 cm³/mol. The van der Waals surface area contributed by atoms with E-state index in [2.05, 4.69) is 31.4 Å². The van der Waals surface area contributed by atoms with Gasteiger partial charge in [0.05, 0.1) is 11.9 Å². The first-order valence-electron chi connectivity index (χ1n) is 7.80. The summed E-state index contributed by atoms with van der Waals surface area (Å²) in [6, 6.07) is 14.4. The third kappa shape index (κ3) is 3.97. The molecule has 0 atom stereocenters. The number of aryl methyl sites for hydroxylation is 1. The van der Waals surface area contributed by atoms with Crippen molar-refractivity contribution in [3.8, 4) is 5.69 Å². The van der Waals surface area contributed by atoms with E-state index < -0.39 is 0 Å². The number of carbonyl (C=O) groups is 1. The van der Waals surface area contributed by atoms with E-state index in [0.29, 0.717) is 17.2 Å². The highest BCUT2D eigenvalue weighted by atomic mass is 79.9. The second kappa shape index (κ2) is 7.49. The van der Waals surface area contributed by atoms with Gasteiger partial charge in [0.2, 0.25) is 5.91 Å². The van der Waals surface area contributed by atoms with Gasteiger partial charge in [0.1, 0.15) is 0 Å². The lowest BCUT2D eigenvalue weighted by Crippen LogP contribution is -2.21. The van der Waals surface area contributed by atoms with Gasteiger partial charge in [-0.2, -0.15) is 14.5 Å². The highest BCUT2D eigenvalue weighted by Crippen LogP contribution is 2.12. The number of hydrogen-bond acceptors (Lipinski definition) is 4. The number of amides is 1. The van der Waals surface area contributed by atoms with Gasteiger partial charge in [-0.1, -0.05) is 28.1 Å². The van der Waals surface area contributed by atoms with Gasteiger partial charge in [0.25, 0.3) is 0 Å². The zero-order valence-electron chi connectivity index (χ0n) is 14.2. The summed E-state index contributed by atoms with van der Waals surface area (Å²) in [4.78, 5) is 23.6. The zero-order chi connectivity index (χ0) is 18.7. The summed E-state index contributed by atoms with van der Waals surface area (Å²) in [6.07, 6.45) is 1.57. The van der Waals surface area contributed by atoms with Crippen LogP contribution in [0.2, 0.25) is 0 Å². The van der Waals surface area contributed by atoms with Crippen molar-refractivity contribution in [2.24, 2.45) is 5.10 Å². The number of nitrogens with one attached hydrogen (secondary N) is 1. The standard InChI is InChI=1S/C18H16BrN5O2/c1-12-22-24(17-9-5-15(19)6-10-17)18(26)23(12)20-11-14-3-7-16(8-4-14)21-13(2)25/h3-11H,1-2H3,(H,21,25)/b20-11+. The lowest BCUT2D eigenvalue weighted by molar-refractivity contribution is -0.114. The van der Waals surface area contributed by atoms with Crippen molar-refractivity contribution < 1.29 is 4.79 Å². The lowest BCUT2D eigenvalue weighted by atomic mass is 10.2. The van der Waals surface area contributed by atoms with Crippen molar-refractivity contribution in [2.75, 3.05) is 5.32 Å². The van der Waals surface area contributed by atoms with E-state index in [0.717, 1.165) is 10.0 Å². The first-order chi connectivity index (χ1) is 12.4. The molecule has 0 saturated carbocycles. The number of nitrogens with zero attached hydrogens (tertiary/aromatic N) is 4. The average molecular weight is 414 g/mol. The Labute approximate surface area is 158 Å². The maximum Gasteiger partial charge on any atom is 0.371 e. The van der Waals surface area contributed by atoms with E-state index in [4.69, 9.17) is 0 Å². The van der Waals surface area contributed by atoms with Crippen LogP contribution in [0.1, 0.15) is 18.3 Å². The van der Waals surface area contributed by atoms with Crippen molar-refractivity contribution >= 4 is 33.7 Å². The highest BCUT2D eigenvalue weighted by molar-refractivity contribution is 9.10. The lowest BCUT2D eigenvalue weighted by Gasteiger charge is -2.01. The minimum absolute atomic E-state index is 0.131. The van der Waals surface area contributed by atoms with E-state index in [1.165, 1.54) is 16.3 Å². The van der Waals surface area contributed by atoms with Crippen LogP contribution in [0.4, 0.5) is 5.69 Å². The van der Waals surface area contributed by atoms with Gasteiger partial charge in [-0.3, -0.25) is 4.79 Å². The van der Waals surface area contributed by atoms with E-state index >= 15 is 0 Å². The van der Waals surface area contributed by atoms with Crippen LogP contribution in [0.25, 0.3) is 5.69 Å². The second-order valence-corrected chi connectivity index (χ2v) is 6.49. The van der Waals surface area contributed by atoms with Crippen molar-refractivity contribution in [1.82, 2.24) is 14.5 Å². The quantitative estimate of drug-likeness (QED) is 0.667. The Morgan fingerprint density at radius 2 is 1.81 bits per heavy atom. The van der Waals surface area contributed by atoms with Crippen molar-refractivity contribution in [2.45, 2.75) is 13.8 Å². The molecule has 0 radical (unpaired) electrons. The molecule has 1 N–H and O–H groups in total. The molecule has 7 nitrogen and oxygen atoms in total. The molecule has 8 heteroatoms. The molecule has 0 aliphatic carbocycles. The number of anilines is 1. The molecule has 1 heterocycles. The van der Waals surface area contributed by atoms with Crippen LogP contribution in [-0.4, -0.2) is 26.6 Å². The molecule has 0 spiro atoms. The van der Waals surface area contributed by atoms with E-state index in [-0.39, 0.29) is 11.6 Å². The fraction of sp³-hybridized carbons (Fsp3) is 0.111. The number of aromatic nitrogens is 3. The molecular formula is C18H16BrN5O2. The Morgan fingerprint density at radius 3 is 2.42 bits per heavy atom. The first kappa shape index (κ1) is 17.8. The van der Waals surface area contributed by atoms with Crippen LogP contribution >= 0.6 is 15.9 Å². The fourth-order valence-electron chi connectivity index (χ4n) is 2.32. The molecule has 3 rings (SSSR count). The number of halogens is 1. The average Bonchev–Trinajstić information content (AvgIpc) is 2.89. The summed E-state index contributed by atoms with van der Waals surface area (Å²) in [5.41, 5.74) is 1.80. The molecule has 1 amide bonds. The monoisotopic (exact) mass is 413 g/mol. The van der Waals surface area contributed by atoms with E-state index in [1.54, 1.807) is 49.5 Å². The normalized spacial score (nSPS) is 11.0. The van der Waals surface area contributed by atoms with Crippen LogP contribution in [0.15, 0.2) is 62.9 Å². The van der Waals surface area contributed by atoms with Gasteiger partial charge in [0.15, 0.2) is 5.82 Å². The molecule has 0 fully saturated rings. The van der Waals surface area contributed by atoms with Crippen molar-refractivity contribution in [1.29, 1.82) is 0 Å². The van der Waals surface area contributed by atoms with Gasteiger partial charge >= 0.3 is 5.69 Å². The molecule has 26 heavy (non-hydrogen) atoms. The minimum Gasteiger partial charge on any atom is -0.326 e. The third-order valence-electron chi connectivity index (χ3n) is 3.54. The van der Waals surface area contributed by atoms with Gasteiger partial charge < -0.3 is 5.32 Å². The van der Waals surface area contributed by atoms with Crippen LogP contribution in [0.5, 0.6) is 0 Å². The first-order valence-corrected chi connectivity index (χ1v) is 8.60. The Morgan fingerprint density at radius 1 is 1.15 bits per heavy atom. The summed E-state index contributed by atoms with van der Waals surface area (Å²) in [7, 11) is 0. The summed E-state index contributed by atoms with van der Waals surface area (Å²) < 4.78 is 3.47. The molecule has 0 saturated heterocycles. The van der Waals surface area contributed by atoms with Crippen LogP contribution in [0, 0.1) is 6.92 Å². The largest absolute Gasteiger partial charge is 0.371 e. The van der Waals surface area contributed by atoms with Crippen LogP contribution < -0.4 is 11.0 Å². The Hall–Kier alpha value is -3.00. The van der Waals surface area contributed by atoms with Gasteiger partial charge in [-0.05, 0) is 48.9 Å². The molecule has 0 unspecified atom stereocenters. The maximum absolute atomic E-state index is 12.6. The fourth-order valence-corrected chi connectivity index (χ4v) is 2.59. The molecule has 2 aromatic carbocycles. The number of rotatable bonds is 4. The molecule has 0 bridgehead atoms. The number of benzene rings is 2. The van der Waals surface area contributed by atoms with Crippen LogP contribution in [-0.2, 0) is 4.79 Å². The molecule has 0 aliphatic rings.